The molecule has 0 unspecified atom stereocenters. The van der Waals surface area contributed by atoms with Crippen LogP contribution in [0.15, 0.2) is 59.1 Å². The lowest BCUT2D eigenvalue weighted by Crippen LogP contribution is -2.18. The number of aryl methyl sites for hydroxylation is 2. The highest BCUT2D eigenvalue weighted by Gasteiger charge is 2.11. The van der Waals surface area contributed by atoms with Crippen LogP contribution in [0.5, 0.6) is 0 Å². The molecule has 1 amide bonds. The predicted octanol–water partition coefficient (Wildman–Crippen LogP) is 4.39. The van der Waals surface area contributed by atoms with E-state index in [-0.39, 0.29) is 17.6 Å². The minimum atomic E-state index is -0.278. The maximum absolute atomic E-state index is 12.2. The molecule has 0 radical (unpaired) electrons. The van der Waals surface area contributed by atoms with Crippen LogP contribution in [0.25, 0.3) is 0 Å². The zero-order chi connectivity index (χ0) is 18.5. The molecule has 0 fully saturated rings. The number of amides is 1. The summed E-state index contributed by atoms with van der Waals surface area (Å²) in [4.78, 5) is 12.2. The molecule has 0 aliphatic heterocycles. The Labute approximate surface area is 153 Å². The molecule has 1 atom stereocenters. The first kappa shape index (κ1) is 17.9. The van der Waals surface area contributed by atoms with Crippen LogP contribution in [-0.4, -0.2) is 11.1 Å². The Balaban J connectivity index is 1.60. The molecule has 1 heterocycles. The molecular formula is C21H23N3O2. The minimum absolute atomic E-state index is 0.243. The molecule has 2 N–H and O–H groups in total. The molecule has 0 saturated carbocycles. The van der Waals surface area contributed by atoms with E-state index in [0.29, 0.717) is 12.3 Å². The third-order valence-corrected chi connectivity index (χ3v) is 4.24. The molecule has 5 nitrogen and oxygen atoms in total. The smallest absolute Gasteiger partial charge is 0.277 e. The maximum Gasteiger partial charge on any atom is 0.277 e. The second-order valence-electron chi connectivity index (χ2n) is 6.49. The molecule has 3 aromatic rings. The number of aromatic nitrogens is 1. The van der Waals surface area contributed by atoms with E-state index >= 15 is 0 Å². The van der Waals surface area contributed by atoms with Gasteiger partial charge in [0.15, 0.2) is 5.69 Å². The lowest BCUT2D eigenvalue weighted by Gasteiger charge is -2.15. The Hall–Kier alpha value is -2.92. The number of carbonyl (C=O) groups excluding carboxylic acids is 1. The Morgan fingerprint density at radius 1 is 1.12 bits per heavy atom. The van der Waals surface area contributed by atoms with Crippen molar-refractivity contribution in [1.82, 2.24) is 10.5 Å². The molecule has 134 valence electrons. The fraction of sp³-hybridized carbons (Fsp3) is 0.238. The summed E-state index contributed by atoms with van der Waals surface area (Å²) in [5, 5.41) is 10.1. The van der Waals surface area contributed by atoms with Crippen LogP contribution < -0.4 is 10.6 Å². The third-order valence-electron chi connectivity index (χ3n) is 4.24. The summed E-state index contributed by atoms with van der Waals surface area (Å²) >= 11 is 0. The zero-order valence-electron chi connectivity index (χ0n) is 15.2. The lowest BCUT2D eigenvalue weighted by molar-refractivity contribution is 0.101. The normalized spacial score (nSPS) is 12.0. The monoisotopic (exact) mass is 349 g/mol. The van der Waals surface area contributed by atoms with Gasteiger partial charge in [0, 0.05) is 24.3 Å². The number of nitrogens with zero attached hydrogens (tertiary/aromatic N) is 1. The fourth-order valence-corrected chi connectivity index (χ4v) is 2.67. The number of carbonyl (C=O) groups is 1. The van der Waals surface area contributed by atoms with Gasteiger partial charge in [-0.1, -0.05) is 47.1 Å². The predicted molar refractivity (Wildman–Crippen MR) is 102 cm³/mol. The summed E-state index contributed by atoms with van der Waals surface area (Å²) < 4.78 is 4.94. The Morgan fingerprint density at radius 2 is 1.88 bits per heavy atom. The number of rotatable bonds is 6. The van der Waals surface area contributed by atoms with Gasteiger partial charge in [-0.3, -0.25) is 4.79 Å². The molecule has 3 rings (SSSR count). The van der Waals surface area contributed by atoms with E-state index < -0.39 is 0 Å². The topological polar surface area (TPSA) is 67.2 Å². The Morgan fingerprint density at radius 3 is 2.58 bits per heavy atom. The lowest BCUT2D eigenvalue weighted by atomic mass is 10.1. The quantitative estimate of drug-likeness (QED) is 0.692. The minimum Gasteiger partial charge on any atom is -0.361 e. The van der Waals surface area contributed by atoms with Crippen LogP contribution in [0.4, 0.5) is 5.69 Å². The maximum atomic E-state index is 12.2. The third kappa shape index (κ3) is 4.58. The van der Waals surface area contributed by atoms with Gasteiger partial charge in [-0.25, -0.2) is 0 Å². The summed E-state index contributed by atoms with van der Waals surface area (Å²) in [7, 11) is 0. The molecule has 0 aliphatic rings. The van der Waals surface area contributed by atoms with E-state index in [1.165, 1.54) is 11.1 Å². The van der Waals surface area contributed by atoms with Crippen molar-refractivity contribution < 1.29 is 9.32 Å². The van der Waals surface area contributed by atoms with Gasteiger partial charge < -0.3 is 15.2 Å². The summed E-state index contributed by atoms with van der Waals surface area (Å²) in [6, 6.07) is 18.2. The van der Waals surface area contributed by atoms with Crippen molar-refractivity contribution in [2.24, 2.45) is 0 Å². The van der Waals surface area contributed by atoms with E-state index in [4.69, 9.17) is 4.52 Å². The molecule has 5 heteroatoms. The van der Waals surface area contributed by atoms with Crippen molar-refractivity contribution in [3.05, 3.63) is 82.7 Å². The number of benzene rings is 2. The van der Waals surface area contributed by atoms with Crippen LogP contribution >= 0.6 is 0 Å². The number of nitrogens with one attached hydrogen (secondary N) is 2. The van der Waals surface area contributed by atoms with Gasteiger partial charge in [0.05, 0.1) is 0 Å². The fourth-order valence-electron chi connectivity index (χ4n) is 2.67. The molecule has 0 spiro atoms. The van der Waals surface area contributed by atoms with Gasteiger partial charge >= 0.3 is 0 Å². The Kier molecular flexibility index (Phi) is 5.49. The molecular weight excluding hydrogens is 326 g/mol. The molecule has 2 aromatic carbocycles. The Bertz CT molecular complexity index is 884. The summed E-state index contributed by atoms with van der Waals surface area (Å²) in [5.74, 6) is 0.332. The second kappa shape index (κ2) is 7.97. The number of hydrogen-bond acceptors (Lipinski definition) is 4. The van der Waals surface area contributed by atoms with E-state index in [1.54, 1.807) is 13.0 Å². The van der Waals surface area contributed by atoms with Gasteiger partial charge in [-0.15, -0.1) is 0 Å². The van der Waals surface area contributed by atoms with E-state index in [9.17, 15) is 4.79 Å². The first-order chi connectivity index (χ1) is 12.5. The standard InChI is InChI=1S/C21H23N3O2/c1-14-7-9-18(10-8-14)16(3)22-13-17-5-4-6-19(12-17)23-21(25)20-11-15(2)26-24-20/h4-12,16,22H,13H2,1-3H3,(H,23,25)/t16-/m1/s1. The van der Waals surface area contributed by atoms with Crippen LogP contribution in [0.1, 0.15) is 45.9 Å². The summed E-state index contributed by atoms with van der Waals surface area (Å²) in [5.41, 5.74) is 4.61. The first-order valence-corrected chi connectivity index (χ1v) is 8.65. The summed E-state index contributed by atoms with van der Waals surface area (Å²) in [6.07, 6.45) is 0. The van der Waals surface area contributed by atoms with Crippen molar-refractivity contribution in [3.8, 4) is 0 Å². The highest BCUT2D eigenvalue weighted by molar-refractivity contribution is 6.02. The van der Waals surface area contributed by atoms with Gasteiger partial charge in [-0.2, -0.15) is 0 Å². The first-order valence-electron chi connectivity index (χ1n) is 8.65. The van der Waals surface area contributed by atoms with Crippen molar-refractivity contribution in [2.75, 3.05) is 5.32 Å². The highest BCUT2D eigenvalue weighted by atomic mass is 16.5. The van der Waals surface area contributed by atoms with Crippen LogP contribution in [0, 0.1) is 13.8 Å². The second-order valence-corrected chi connectivity index (χ2v) is 6.49. The number of hydrogen-bond donors (Lipinski definition) is 2. The van der Waals surface area contributed by atoms with Gasteiger partial charge in [0.25, 0.3) is 5.91 Å². The van der Waals surface area contributed by atoms with Crippen LogP contribution in [-0.2, 0) is 6.54 Å². The van der Waals surface area contributed by atoms with Crippen LogP contribution in [0.2, 0.25) is 0 Å². The van der Waals surface area contributed by atoms with Crippen LogP contribution in [0.3, 0.4) is 0 Å². The van der Waals surface area contributed by atoms with Gasteiger partial charge in [0.1, 0.15) is 5.76 Å². The average Bonchev–Trinajstić information content (AvgIpc) is 3.07. The molecule has 0 aliphatic carbocycles. The SMILES string of the molecule is Cc1ccc([C@@H](C)NCc2cccc(NC(=O)c3cc(C)on3)c2)cc1. The molecule has 1 aromatic heterocycles. The van der Waals surface area contributed by atoms with Crippen molar-refractivity contribution in [3.63, 3.8) is 0 Å². The highest BCUT2D eigenvalue weighted by Crippen LogP contribution is 2.16. The summed E-state index contributed by atoms with van der Waals surface area (Å²) in [6.45, 7) is 6.69. The van der Waals surface area contributed by atoms with Gasteiger partial charge in [-0.05, 0) is 44.0 Å². The molecule has 0 saturated heterocycles. The molecule has 0 bridgehead atoms. The van der Waals surface area contributed by atoms with Crippen molar-refractivity contribution >= 4 is 11.6 Å². The van der Waals surface area contributed by atoms with E-state index in [2.05, 4.69) is 53.9 Å². The van der Waals surface area contributed by atoms with E-state index in [1.807, 2.05) is 24.3 Å². The van der Waals surface area contributed by atoms with Crippen molar-refractivity contribution in [2.45, 2.75) is 33.4 Å². The van der Waals surface area contributed by atoms with Crippen molar-refractivity contribution in [1.29, 1.82) is 0 Å². The number of anilines is 1. The van der Waals surface area contributed by atoms with Gasteiger partial charge in [0.2, 0.25) is 0 Å². The average molecular weight is 349 g/mol. The zero-order valence-corrected chi connectivity index (χ0v) is 15.2. The molecule has 26 heavy (non-hydrogen) atoms. The van der Waals surface area contributed by atoms with E-state index in [0.717, 1.165) is 11.3 Å². The largest absolute Gasteiger partial charge is 0.361 e.